The molecule has 8 heteroatoms. The molecular weight excluding hydrogens is 423 g/mol. The zero-order valence-corrected chi connectivity index (χ0v) is 18.6. The van der Waals surface area contributed by atoms with Crippen LogP contribution in [0, 0.1) is 21.8 Å². The summed E-state index contributed by atoms with van der Waals surface area (Å²) in [6.07, 6.45) is 5.99. The third-order valence-corrected chi connectivity index (χ3v) is 7.39. The first kappa shape index (κ1) is 21.7. The van der Waals surface area contributed by atoms with Gasteiger partial charge in [-0.3, -0.25) is 14.9 Å². The first-order valence-corrected chi connectivity index (χ1v) is 11.8. The second-order valence-electron chi connectivity index (χ2n) is 9.41. The summed E-state index contributed by atoms with van der Waals surface area (Å²) >= 11 is 0. The molecule has 2 aromatic carbocycles. The van der Waals surface area contributed by atoms with Crippen LogP contribution in [0.15, 0.2) is 42.5 Å². The molecule has 0 spiro atoms. The van der Waals surface area contributed by atoms with Crippen molar-refractivity contribution in [3.63, 3.8) is 0 Å². The molecule has 1 saturated carbocycles. The number of nitro benzene ring substituents is 1. The summed E-state index contributed by atoms with van der Waals surface area (Å²) in [5, 5.41) is 14.6. The van der Waals surface area contributed by atoms with Crippen LogP contribution in [0.1, 0.15) is 37.7 Å². The van der Waals surface area contributed by atoms with Crippen LogP contribution in [0.25, 0.3) is 0 Å². The molecule has 1 aliphatic carbocycles. The fourth-order valence-electron chi connectivity index (χ4n) is 5.66. The van der Waals surface area contributed by atoms with Crippen molar-refractivity contribution in [1.82, 2.24) is 5.32 Å². The highest BCUT2D eigenvalue weighted by atomic mass is 19.1. The maximum absolute atomic E-state index is 13.5. The second-order valence-corrected chi connectivity index (χ2v) is 9.41. The van der Waals surface area contributed by atoms with Crippen molar-refractivity contribution < 1.29 is 14.1 Å². The third kappa shape index (κ3) is 4.38. The molecule has 2 heterocycles. The van der Waals surface area contributed by atoms with Crippen LogP contribution in [0.4, 0.5) is 21.5 Å². The van der Waals surface area contributed by atoms with E-state index in [0.29, 0.717) is 19.5 Å². The smallest absolute Gasteiger partial charge is 0.269 e. The SMILES string of the molecule is O=C(NC1CCCCC1)C1Cc2cc([N+](=O)[O-])ccc2N2CCN(c3ccc(F)cc3)CC12. The highest BCUT2D eigenvalue weighted by Gasteiger charge is 2.42. The van der Waals surface area contributed by atoms with Gasteiger partial charge in [-0.1, -0.05) is 19.3 Å². The number of amides is 1. The Hall–Kier alpha value is -3.16. The number of nitrogens with one attached hydrogen (secondary N) is 1. The van der Waals surface area contributed by atoms with Gasteiger partial charge in [0.25, 0.3) is 5.69 Å². The van der Waals surface area contributed by atoms with Gasteiger partial charge in [0.15, 0.2) is 0 Å². The minimum atomic E-state index is -0.379. The van der Waals surface area contributed by atoms with Crippen molar-refractivity contribution in [2.45, 2.75) is 50.6 Å². The minimum absolute atomic E-state index is 0.0370. The molecule has 1 amide bonds. The summed E-state index contributed by atoms with van der Waals surface area (Å²) in [6.45, 7) is 2.07. The number of hydrogen-bond donors (Lipinski definition) is 1. The first-order chi connectivity index (χ1) is 16.0. The van der Waals surface area contributed by atoms with Crippen LogP contribution in [-0.4, -0.2) is 42.5 Å². The topological polar surface area (TPSA) is 78.7 Å². The largest absolute Gasteiger partial charge is 0.368 e. The van der Waals surface area contributed by atoms with E-state index in [1.54, 1.807) is 24.3 Å². The molecule has 1 N–H and O–H groups in total. The lowest BCUT2D eigenvalue weighted by molar-refractivity contribution is -0.384. The van der Waals surface area contributed by atoms with Gasteiger partial charge in [-0.15, -0.1) is 0 Å². The molecule has 174 valence electrons. The molecule has 5 rings (SSSR count). The van der Waals surface area contributed by atoms with Crippen molar-refractivity contribution in [2.75, 3.05) is 29.4 Å². The van der Waals surface area contributed by atoms with Gasteiger partial charge in [0.05, 0.1) is 16.9 Å². The number of fused-ring (bicyclic) bond motifs is 3. The van der Waals surface area contributed by atoms with Gasteiger partial charge in [-0.2, -0.15) is 0 Å². The van der Waals surface area contributed by atoms with E-state index < -0.39 is 0 Å². The molecule has 0 bridgehead atoms. The fourth-order valence-corrected chi connectivity index (χ4v) is 5.66. The molecule has 2 aromatic rings. The van der Waals surface area contributed by atoms with Gasteiger partial charge in [-0.25, -0.2) is 4.39 Å². The average Bonchev–Trinajstić information content (AvgIpc) is 2.83. The lowest BCUT2D eigenvalue weighted by Crippen LogP contribution is -2.61. The molecule has 0 radical (unpaired) electrons. The Morgan fingerprint density at radius 1 is 1.06 bits per heavy atom. The van der Waals surface area contributed by atoms with Crippen molar-refractivity contribution in [3.05, 3.63) is 64.0 Å². The molecule has 2 fully saturated rings. The number of hydrogen-bond acceptors (Lipinski definition) is 5. The van der Waals surface area contributed by atoms with Crippen LogP contribution in [0.2, 0.25) is 0 Å². The van der Waals surface area contributed by atoms with Crippen LogP contribution in [-0.2, 0) is 11.2 Å². The number of anilines is 2. The van der Waals surface area contributed by atoms with Crippen LogP contribution in [0.3, 0.4) is 0 Å². The number of carbonyl (C=O) groups is 1. The quantitative estimate of drug-likeness (QED) is 0.559. The molecule has 2 unspecified atom stereocenters. The normalized spacial score (nSPS) is 22.9. The number of nitrogens with zero attached hydrogens (tertiary/aromatic N) is 3. The maximum atomic E-state index is 13.5. The Morgan fingerprint density at radius 2 is 1.82 bits per heavy atom. The highest BCUT2D eigenvalue weighted by molar-refractivity contribution is 5.83. The summed E-state index contributed by atoms with van der Waals surface area (Å²) in [5.41, 5.74) is 2.84. The molecule has 0 aromatic heterocycles. The number of non-ortho nitro benzene ring substituents is 1. The lowest BCUT2D eigenvalue weighted by atomic mass is 9.82. The lowest BCUT2D eigenvalue weighted by Gasteiger charge is -2.49. The van der Waals surface area contributed by atoms with E-state index in [-0.39, 0.29) is 40.3 Å². The van der Waals surface area contributed by atoms with Crippen molar-refractivity contribution in [2.24, 2.45) is 5.92 Å². The molecule has 7 nitrogen and oxygen atoms in total. The Bertz CT molecular complexity index is 1040. The Kier molecular flexibility index (Phi) is 5.91. The monoisotopic (exact) mass is 452 g/mol. The number of carbonyl (C=O) groups excluding carboxylic acids is 1. The Balaban J connectivity index is 1.44. The van der Waals surface area contributed by atoms with E-state index >= 15 is 0 Å². The zero-order chi connectivity index (χ0) is 22.9. The first-order valence-electron chi connectivity index (χ1n) is 11.8. The summed E-state index contributed by atoms with van der Waals surface area (Å²) in [4.78, 5) is 28.9. The van der Waals surface area contributed by atoms with Crippen LogP contribution in [0.5, 0.6) is 0 Å². The average molecular weight is 453 g/mol. The maximum Gasteiger partial charge on any atom is 0.269 e. The highest BCUT2D eigenvalue weighted by Crippen LogP contribution is 2.39. The van der Waals surface area contributed by atoms with E-state index in [0.717, 1.165) is 49.2 Å². The van der Waals surface area contributed by atoms with E-state index in [1.807, 2.05) is 6.07 Å². The summed E-state index contributed by atoms with van der Waals surface area (Å²) in [6, 6.07) is 11.6. The van der Waals surface area contributed by atoms with Gasteiger partial charge >= 0.3 is 0 Å². The van der Waals surface area contributed by atoms with Gasteiger partial charge in [-0.05, 0) is 55.2 Å². The summed E-state index contributed by atoms with van der Waals surface area (Å²) in [5.74, 6) is -0.532. The van der Waals surface area contributed by atoms with E-state index in [1.165, 1.54) is 18.6 Å². The number of piperazine rings is 1. The van der Waals surface area contributed by atoms with Gasteiger partial charge in [0.1, 0.15) is 5.82 Å². The van der Waals surface area contributed by atoms with Gasteiger partial charge in [0, 0.05) is 49.2 Å². The second kappa shape index (κ2) is 9.00. The summed E-state index contributed by atoms with van der Waals surface area (Å²) in [7, 11) is 0. The number of halogens is 1. The molecule has 33 heavy (non-hydrogen) atoms. The standard InChI is InChI=1S/C25H29FN4O3/c26-18-6-8-20(9-7-18)28-12-13-29-23-11-10-21(30(32)33)14-17(23)15-22(24(29)16-28)25(31)27-19-4-2-1-3-5-19/h6-11,14,19,22,24H,1-5,12-13,15-16H2,(H,27,31). The number of nitro groups is 1. The van der Waals surface area contributed by atoms with Crippen molar-refractivity contribution in [3.8, 4) is 0 Å². The predicted molar refractivity (Wildman–Crippen MR) is 125 cm³/mol. The van der Waals surface area contributed by atoms with Crippen molar-refractivity contribution >= 4 is 23.0 Å². The van der Waals surface area contributed by atoms with E-state index in [4.69, 9.17) is 0 Å². The van der Waals surface area contributed by atoms with Gasteiger partial charge < -0.3 is 15.1 Å². The molecule has 3 aliphatic rings. The summed E-state index contributed by atoms with van der Waals surface area (Å²) < 4.78 is 13.4. The van der Waals surface area contributed by atoms with E-state index in [2.05, 4.69) is 15.1 Å². The fraction of sp³-hybridized carbons (Fsp3) is 0.480. The Labute approximate surface area is 192 Å². The molecule has 2 atom stereocenters. The third-order valence-electron chi connectivity index (χ3n) is 7.39. The van der Waals surface area contributed by atoms with Gasteiger partial charge in [0.2, 0.25) is 5.91 Å². The Morgan fingerprint density at radius 3 is 2.55 bits per heavy atom. The number of rotatable bonds is 4. The molecule has 2 aliphatic heterocycles. The minimum Gasteiger partial charge on any atom is -0.368 e. The zero-order valence-electron chi connectivity index (χ0n) is 18.6. The number of benzene rings is 2. The van der Waals surface area contributed by atoms with Crippen LogP contribution < -0.4 is 15.1 Å². The predicted octanol–water partition coefficient (Wildman–Crippen LogP) is 4.05. The van der Waals surface area contributed by atoms with Crippen LogP contribution >= 0.6 is 0 Å². The molecule has 1 saturated heterocycles. The van der Waals surface area contributed by atoms with E-state index in [9.17, 15) is 19.3 Å². The molecular formula is C25H29FN4O3. The van der Waals surface area contributed by atoms with Crippen molar-refractivity contribution in [1.29, 1.82) is 0 Å².